The molecule has 0 radical (unpaired) electrons. The van der Waals surface area contributed by atoms with Crippen LogP contribution in [0.4, 0.5) is 48.3 Å². The van der Waals surface area contributed by atoms with Gasteiger partial charge in [0.1, 0.15) is 0 Å². The molecule has 0 bridgehead atoms. The minimum Gasteiger partial charge on any atom is -0.388 e. The molecule has 1 aromatic carbocycles. The lowest BCUT2D eigenvalue weighted by atomic mass is 9.87. The molecule has 0 aliphatic heterocycles. The number of rotatable bonds is 8. The molecule has 1 aromatic rings. The monoisotopic (exact) mass is 446 g/mol. The van der Waals surface area contributed by atoms with Crippen LogP contribution in [0.3, 0.4) is 0 Å². The lowest BCUT2D eigenvalue weighted by Crippen LogP contribution is -2.66. The van der Waals surface area contributed by atoms with Crippen LogP contribution in [0.25, 0.3) is 0 Å². The van der Waals surface area contributed by atoms with E-state index in [9.17, 15) is 53.4 Å². The van der Waals surface area contributed by atoms with Gasteiger partial charge in [-0.25, -0.2) is 0 Å². The van der Waals surface area contributed by atoms with E-state index in [0.717, 1.165) is 6.07 Å². The smallest absolute Gasteiger partial charge is 0.388 e. The summed E-state index contributed by atoms with van der Waals surface area (Å²) in [7, 11) is 0. The first kappa shape index (κ1) is 25.4. The molecular formula is C17H17F11O. The fourth-order valence-electron chi connectivity index (χ4n) is 2.57. The summed E-state index contributed by atoms with van der Waals surface area (Å²) < 4.78 is 144. The molecule has 0 amide bonds. The van der Waals surface area contributed by atoms with Gasteiger partial charge in [0.25, 0.3) is 0 Å². The van der Waals surface area contributed by atoms with Crippen molar-refractivity contribution >= 4 is 0 Å². The van der Waals surface area contributed by atoms with Gasteiger partial charge in [0, 0.05) is 6.42 Å². The Morgan fingerprint density at radius 1 is 0.759 bits per heavy atom. The normalized spacial score (nSPS) is 16.6. The Hall–Kier alpha value is -1.59. The lowest BCUT2D eigenvalue weighted by molar-refractivity contribution is -0.423. The van der Waals surface area contributed by atoms with Crippen molar-refractivity contribution in [2.45, 2.75) is 68.6 Å². The van der Waals surface area contributed by atoms with Gasteiger partial charge < -0.3 is 5.11 Å². The molecule has 0 spiro atoms. The SMILES string of the molecule is CCC(C)c1ccccc1C(O)CC(F)(F)C(F)(F)C(F)(F)C(F)(F)C(F)(F)F. The van der Waals surface area contributed by atoms with E-state index in [1.54, 1.807) is 13.8 Å². The summed E-state index contributed by atoms with van der Waals surface area (Å²) >= 11 is 0. The van der Waals surface area contributed by atoms with Gasteiger partial charge in [-0.05, 0) is 23.5 Å². The number of aliphatic hydroxyl groups is 1. The number of alkyl halides is 11. The molecule has 0 aromatic heterocycles. The van der Waals surface area contributed by atoms with Gasteiger partial charge in [-0.2, -0.15) is 48.3 Å². The Kier molecular flexibility index (Phi) is 6.95. The molecule has 0 fully saturated rings. The maximum atomic E-state index is 13.9. The highest BCUT2D eigenvalue weighted by Gasteiger charge is 2.87. The molecule has 0 aliphatic carbocycles. The van der Waals surface area contributed by atoms with E-state index in [1.165, 1.54) is 18.2 Å². The van der Waals surface area contributed by atoms with Crippen LogP contribution in [0, 0.1) is 0 Å². The Labute approximate surface area is 158 Å². The van der Waals surface area contributed by atoms with Crippen LogP contribution in [0.15, 0.2) is 24.3 Å². The zero-order valence-corrected chi connectivity index (χ0v) is 15.0. The third-order valence-corrected chi connectivity index (χ3v) is 4.55. The molecule has 2 unspecified atom stereocenters. The molecule has 0 saturated carbocycles. The average Bonchev–Trinajstić information content (AvgIpc) is 2.59. The summed E-state index contributed by atoms with van der Waals surface area (Å²) in [6, 6.07) is 5.01. The minimum absolute atomic E-state index is 0.203. The highest BCUT2D eigenvalue weighted by atomic mass is 19.4. The number of halogens is 11. The molecule has 1 N–H and O–H groups in total. The molecule has 0 aliphatic rings. The number of aliphatic hydroxyl groups excluding tert-OH is 1. The van der Waals surface area contributed by atoms with Crippen molar-refractivity contribution in [1.82, 2.24) is 0 Å². The highest BCUT2D eigenvalue weighted by Crippen LogP contribution is 2.58. The van der Waals surface area contributed by atoms with Crippen molar-refractivity contribution in [3.05, 3.63) is 35.4 Å². The van der Waals surface area contributed by atoms with Gasteiger partial charge in [0.15, 0.2) is 0 Å². The Bertz CT molecular complexity index is 697. The first-order valence-electron chi connectivity index (χ1n) is 8.20. The Morgan fingerprint density at radius 3 is 1.62 bits per heavy atom. The third-order valence-electron chi connectivity index (χ3n) is 4.55. The predicted molar refractivity (Wildman–Crippen MR) is 80.6 cm³/mol. The van der Waals surface area contributed by atoms with Crippen LogP contribution in [-0.2, 0) is 0 Å². The van der Waals surface area contributed by atoms with Crippen molar-refractivity contribution < 1.29 is 53.4 Å². The number of hydrogen-bond acceptors (Lipinski definition) is 1. The molecule has 168 valence electrons. The summed E-state index contributed by atoms with van der Waals surface area (Å²) in [5, 5.41) is 9.91. The van der Waals surface area contributed by atoms with Gasteiger partial charge in [0.05, 0.1) is 6.10 Å². The van der Waals surface area contributed by atoms with Crippen molar-refractivity contribution in [2.24, 2.45) is 0 Å². The quantitative estimate of drug-likeness (QED) is 0.439. The lowest BCUT2D eigenvalue weighted by Gasteiger charge is -2.38. The average molecular weight is 446 g/mol. The van der Waals surface area contributed by atoms with Crippen LogP contribution in [0.2, 0.25) is 0 Å². The fraction of sp³-hybridized carbons (Fsp3) is 0.647. The van der Waals surface area contributed by atoms with Crippen LogP contribution in [0.1, 0.15) is 49.8 Å². The topological polar surface area (TPSA) is 20.2 Å². The van der Waals surface area contributed by atoms with E-state index in [2.05, 4.69) is 0 Å². The summed E-state index contributed by atoms with van der Waals surface area (Å²) in [5.74, 6) is -28.5. The van der Waals surface area contributed by atoms with Gasteiger partial charge in [-0.3, -0.25) is 0 Å². The Morgan fingerprint density at radius 2 is 1.21 bits per heavy atom. The van der Waals surface area contributed by atoms with E-state index in [-0.39, 0.29) is 17.0 Å². The summed E-state index contributed by atoms with van der Waals surface area (Å²) in [6.07, 6.45) is -11.8. The second kappa shape index (κ2) is 7.92. The van der Waals surface area contributed by atoms with Gasteiger partial charge in [0.2, 0.25) is 0 Å². The largest absolute Gasteiger partial charge is 0.460 e. The molecule has 0 saturated heterocycles. The molecular weight excluding hydrogens is 429 g/mol. The second-order valence-corrected chi connectivity index (χ2v) is 6.58. The molecule has 12 heteroatoms. The fourth-order valence-corrected chi connectivity index (χ4v) is 2.57. The maximum absolute atomic E-state index is 13.9. The first-order chi connectivity index (χ1) is 12.8. The molecule has 1 rings (SSSR count). The minimum atomic E-state index is -7.47. The number of benzene rings is 1. The van der Waals surface area contributed by atoms with Gasteiger partial charge in [-0.15, -0.1) is 0 Å². The highest BCUT2D eigenvalue weighted by molar-refractivity contribution is 5.32. The molecule has 2 atom stereocenters. The molecule has 1 nitrogen and oxygen atoms in total. The van der Waals surface area contributed by atoms with Crippen molar-refractivity contribution in [1.29, 1.82) is 0 Å². The van der Waals surface area contributed by atoms with E-state index in [1.807, 2.05) is 0 Å². The predicted octanol–water partition coefficient (Wildman–Crippen LogP) is 6.73. The van der Waals surface area contributed by atoms with Gasteiger partial charge >= 0.3 is 29.9 Å². The molecule has 0 heterocycles. The van der Waals surface area contributed by atoms with Crippen LogP contribution in [-0.4, -0.2) is 35.0 Å². The maximum Gasteiger partial charge on any atom is 0.460 e. The van der Waals surface area contributed by atoms with Crippen LogP contribution in [0.5, 0.6) is 0 Å². The van der Waals surface area contributed by atoms with E-state index in [4.69, 9.17) is 0 Å². The number of hydrogen-bond donors (Lipinski definition) is 1. The summed E-state index contributed by atoms with van der Waals surface area (Å²) in [5.41, 5.74) is -0.155. The van der Waals surface area contributed by atoms with Crippen molar-refractivity contribution in [3.63, 3.8) is 0 Å². The molecule has 29 heavy (non-hydrogen) atoms. The van der Waals surface area contributed by atoms with Crippen LogP contribution < -0.4 is 0 Å². The standard InChI is InChI=1S/C17H17F11O/c1-3-9(2)10-6-4-5-7-11(10)12(29)8-13(18,19)14(20,21)15(22,23)16(24,25)17(26,27)28/h4-7,9,12,29H,3,8H2,1-2H3. The van der Waals surface area contributed by atoms with Crippen LogP contribution >= 0.6 is 0 Å². The van der Waals surface area contributed by atoms with Crippen molar-refractivity contribution in [3.8, 4) is 0 Å². The Balaban J connectivity index is 3.32. The zero-order chi connectivity index (χ0) is 23.1. The summed E-state index contributed by atoms with van der Waals surface area (Å²) in [6.45, 7) is 3.24. The second-order valence-electron chi connectivity index (χ2n) is 6.58. The van der Waals surface area contributed by atoms with E-state index < -0.39 is 42.4 Å². The summed E-state index contributed by atoms with van der Waals surface area (Å²) in [4.78, 5) is 0. The first-order valence-corrected chi connectivity index (χ1v) is 8.20. The third kappa shape index (κ3) is 4.31. The van der Waals surface area contributed by atoms with Gasteiger partial charge in [-0.1, -0.05) is 38.1 Å². The van der Waals surface area contributed by atoms with E-state index >= 15 is 0 Å². The van der Waals surface area contributed by atoms with E-state index in [0.29, 0.717) is 6.42 Å². The zero-order valence-electron chi connectivity index (χ0n) is 15.0. The van der Waals surface area contributed by atoms with Crippen molar-refractivity contribution in [2.75, 3.05) is 0 Å².